The summed E-state index contributed by atoms with van der Waals surface area (Å²) in [5, 5.41) is 2.76. The van der Waals surface area contributed by atoms with Crippen molar-refractivity contribution in [3.8, 4) is 23.3 Å². The van der Waals surface area contributed by atoms with Crippen molar-refractivity contribution in [3.05, 3.63) is 35.9 Å². The number of methoxy groups -OCH3 is 4. The first kappa shape index (κ1) is 16.4. The number of ether oxygens (including phenoxy) is 4. The highest BCUT2D eigenvalue weighted by molar-refractivity contribution is 6.06. The Morgan fingerprint density at radius 2 is 1.74 bits per heavy atom. The molecular formula is C16H18N2O5. The Hall–Kier alpha value is -2.96. The van der Waals surface area contributed by atoms with Crippen LogP contribution in [0, 0.1) is 0 Å². The van der Waals surface area contributed by atoms with E-state index in [1.54, 1.807) is 37.4 Å². The topological polar surface area (TPSA) is 78.9 Å². The molecular weight excluding hydrogens is 300 g/mol. The van der Waals surface area contributed by atoms with Gasteiger partial charge >= 0.3 is 0 Å². The molecule has 0 fully saturated rings. The Morgan fingerprint density at radius 1 is 0.957 bits per heavy atom. The van der Waals surface area contributed by atoms with E-state index in [4.69, 9.17) is 18.9 Å². The summed E-state index contributed by atoms with van der Waals surface area (Å²) in [5.74, 6) is 1.27. The number of rotatable bonds is 6. The Bertz CT molecular complexity index is 703. The second-order valence-electron chi connectivity index (χ2n) is 4.43. The Morgan fingerprint density at radius 3 is 2.35 bits per heavy atom. The highest BCUT2D eigenvalue weighted by Gasteiger charge is 2.17. The number of benzene rings is 1. The van der Waals surface area contributed by atoms with Crippen molar-refractivity contribution in [1.82, 2.24) is 4.98 Å². The number of hydrogen-bond donors (Lipinski definition) is 1. The van der Waals surface area contributed by atoms with Gasteiger partial charge in [-0.2, -0.15) is 4.98 Å². The van der Waals surface area contributed by atoms with Crippen LogP contribution >= 0.6 is 0 Å². The third-order valence-corrected chi connectivity index (χ3v) is 3.14. The van der Waals surface area contributed by atoms with Gasteiger partial charge in [0.1, 0.15) is 17.1 Å². The summed E-state index contributed by atoms with van der Waals surface area (Å²) in [7, 11) is 6.00. The molecule has 0 saturated heterocycles. The van der Waals surface area contributed by atoms with Crippen LogP contribution in [0.15, 0.2) is 30.3 Å². The average Bonchev–Trinajstić information content (AvgIpc) is 2.61. The molecule has 23 heavy (non-hydrogen) atoms. The zero-order chi connectivity index (χ0) is 16.8. The van der Waals surface area contributed by atoms with E-state index >= 15 is 0 Å². The molecule has 1 heterocycles. The molecule has 7 nitrogen and oxygen atoms in total. The van der Waals surface area contributed by atoms with E-state index in [0.29, 0.717) is 23.1 Å². The number of nitrogens with zero attached hydrogens (tertiary/aromatic N) is 1. The van der Waals surface area contributed by atoms with Gasteiger partial charge in [0.2, 0.25) is 11.8 Å². The van der Waals surface area contributed by atoms with Crippen LogP contribution < -0.4 is 24.3 Å². The number of nitrogens with one attached hydrogen (secondary N) is 1. The minimum absolute atomic E-state index is 0.175. The van der Waals surface area contributed by atoms with Gasteiger partial charge < -0.3 is 24.3 Å². The molecule has 2 rings (SSSR count). The molecule has 1 N–H and O–H groups in total. The molecule has 0 atom stereocenters. The number of aromatic nitrogens is 1. The van der Waals surface area contributed by atoms with Crippen molar-refractivity contribution >= 4 is 11.6 Å². The van der Waals surface area contributed by atoms with Gasteiger partial charge in [0.15, 0.2) is 0 Å². The molecule has 1 aromatic heterocycles. The smallest absolute Gasteiger partial charge is 0.261 e. The Labute approximate surface area is 134 Å². The number of hydrogen-bond acceptors (Lipinski definition) is 6. The molecule has 1 amide bonds. The maximum Gasteiger partial charge on any atom is 0.261 e. The number of pyridine rings is 1. The van der Waals surface area contributed by atoms with Crippen LogP contribution in [-0.2, 0) is 0 Å². The second-order valence-corrected chi connectivity index (χ2v) is 4.43. The van der Waals surface area contributed by atoms with Crippen LogP contribution in [0.2, 0.25) is 0 Å². The normalized spacial score (nSPS) is 9.91. The van der Waals surface area contributed by atoms with E-state index in [2.05, 4.69) is 10.3 Å². The lowest BCUT2D eigenvalue weighted by molar-refractivity contribution is 0.102. The lowest BCUT2D eigenvalue weighted by Gasteiger charge is -2.13. The summed E-state index contributed by atoms with van der Waals surface area (Å²) in [4.78, 5) is 16.5. The molecule has 0 saturated carbocycles. The van der Waals surface area contributed by atoms with Gasteiger partial charge in [-0.1, -0.05) is 0 Å². The standard InChI is InChI=1S/C16H18N2O5/c1-20-10-5-7-12(13(9-10)21-2)17-15(19)11-6-8-14(22-3)18-16(11)23-4/h5-9H,1-4H3,(H,17,19). The van der Waals surface area contributed by atoms with E-state index in [-0.39, 0.29) is 17.4 Å². The molecule has 0 unspecified atom stereocenters. The summed E-state index contributed by atoms with van der Waals surface area (Å²) >= 11 is 0. The molecule has 0 aliphatic heterocycles. The molecule has 2 aromatic rings. The van der Waals surface area contributed by atoms with E-state index in [9.17, 15) is 4.79 Å². The number of carbonyl (C=O) groups is 1. The van der Waals surface area contributed by atoms with E-state index in [0.717, 1.165) is 0 Å². The average molecular weight is 318 g/mol. The predicted molar refractivity (Wildman–Crippen MR) is 84.8 cm³/mol. The van der Waals surface area contributed by atoms with Crippen LogP contribution in [0.25, 0.3) is 0 Å². The first-order valence-electron chi connectivity index (χ1n) is 6.75. The van der Waals surface area contributed by atoms with E-state index < -0.39 is 0 Å². The summed E-state index contributed by atoms with van der Waals surface area (Å²) in [6.07, 6.45) is 0. The van der Waals surface area contributed by atoms with Crippen LogP contribution in [0.3, 0.4) is 0 Å². The van der Waals surface area contributed by atoms with E-state index in [1.807, 2.05) is 0 Å². The van der Waals surface area contributed by atoms with Gasteiger partial charge in [0.05, 0.1) is 34.1 Å². The molecule has 0 bridgehead atoms. The predicted octanol–water partition coefficient (Wildman–Crippen LogP) is 2.37. The van der Waals surface area contributed by atoms with Gasteiger partial charge in [0, 0.05) is 12.1 Å². The zero-order valence-electron chi connectivity index (χ0n) is 13.4. The molecule has 0 aliphatic rings. The van der Waals surface area contributed by atoms with Crippen molar-refractivity contribution in [3.63, 3.8) is 0 Å². The van der Waals surface area contributed by atoms with Crippen LogP contribution in [0.5, 0.6) is 23.3 Å². The molecule has 122 valence electrons. The fraction of sp³-hybridized carbons (Fsp3) is 0.250. The minimum atomic E-state index is -0.375. The van der Waals surface area contributed by atoms with Gasteiger partial charge in [0.25, 0.3) is 5.91 Å². The lowest BCUT2D eigenvalue weighted by Crippen LogP contribution is -2.14. The Kier molecular flexibility index (Phi) is 5.24. The van der Waals surface area contributed by atoms with Crippen molar-refractivity contribution in [1.29, 1.82) is 0 Å². The summed E-state index contributed by atoms with van der Waals surface area (Å²) in [5.41, 5.74) is 0.794. The van der Waals surface area contributed by atoms with Crippen molar-refractivity contribution in [2.24, 2.45) is 0 Å². The highest BCUT2D eigenvalue weighted by atomic mass is 16.5. The molecule has 1 aromatic carbocycles. The fourth-order valence-corrected chi connectivity index (χ4v) is 1.96. The lowest BCUT2D eigenvalue weighted by atomic mass is 10.2. The van der Waals surface area contributed by atoms with Crippen molar-refractivity contribution in [2.75, 3.05) is 33.8 Å². The third-order valence-electron chi connectivity index (χ3n) is 3.14. The van der Waals surface area contributed by atoms with E-state index in [1.165, 1.54) is 21.3 Å². The number of carbonyl (C=O) groups excluding carboxylic acids is 1. The summed E-state index contributed by atoms with van der Waals surface area (Å²) in [6, 6.07) is 8.26. The number of anilines is 1. The quantitative estimate of drug-likeness (QED) is 0.881. The number of amides is 1. The second kappa shape index (κ2) is 7.35. The Balaban J connectivity index is 2.29. The van der Waals surface area contributed by atoms with Crippen LogP contribution in [-0.4, -0.2) is 39.3 Å². The van der Waals surface area contributed by atoms with Gasteiger partial charge in [-0.05, 0) is 18.2 Å². The van der Waals surface area contributed by atoms with Gasteiger partial charge in [-0.15, -0.1) is 0 Å². The van der Waals surface area contributed by atoms with Crippen molar-refractivity contribution < 1.29 is 23.7 Å². The summed E-state index contributed by atoms with van der Waals surface area (Å²) < 4.78 is 20.5. The van der Waals surface area contributed by atoms with Crippen LogP contribution in [0.4, 0.5) is 5.69 Å². The maximum absolute atomic E-state index is 12.5. The van der Waals surface area contributed by atoms with Crippen molar-refractivity contribution in [2.45, 2.75) is 0 Å². The summed E-state index contributed by atoms with van der Waals surface area (Å²) in [6.45, 7) is 0. The molecule has 7 heteroatoms. The molecule has 0 radical (unpaired) electrons. The first-order chi connectivity index (χ1) is 11.1. The monoisotopic (exact) mass is 318 g/mol. The van der Waals surface area contributed by atoms with Gasteiger partial charge in [-0.3, -0.25) is 4.79 Å². The largest absolute Gasteiger partial charge is 0.497 e. The molecule has 0 spiro atoms. The minimum Gasteiger partial charge on any atom is -0.497 e. The zero-order valence-corrected chi connectivity index (χ0v) is 13.4. The highest BCUT2D eigenvalue weighted by Crippen LogP contribution is 2.30. The maximum atomic E-state index is 12.5. The van der Waals surface area contributed by atoms with Gasteiger partial charge in [-0.25, -0.2) is 0 Å². The van der Waals surface area contributed by atoms with Crippen LogP contribution in [0.1, 0.15) is 10.4 Å². The molecule has 0 aliphatic carbocycles. The first-order valence-corrected chi connectivity index (χ1v) is 6.75. The SMILES string of the molecule is COc1ccc(NC(=O)c2ccc(OC)nc2OC)c(OC)c1. The fourth-order valence-electron chi connectivity index (χ4n) is 1.96. The third kappa shape index (κ3) is 3.63.